The zero-order valence-electron chi connectivity index (χ0n) is 17.8. The topological polar surface area (TPSA) is 88.3 Å². The summed E-state index contributed by atoms with van der Waals surface area (Å²) in [6, 6.07) is 11.3. The van der Waals surface area contributed by atoms with Gasteiger partial charge in [0, 0.05) is 41.1 Å². The van der Waals surface area contributed by atoms with Gasteiger partial charge in [0.25, 0.3) is 5.91 Å². The van der Waals surface area contributed by atoms with E-state index in [1.165, 1.54) is 12.1 Å². The Kier molecular flexibility index (Phi) is 5.85. The Morgan fingerprint density at radius 2 is 1.79 bits per heavy atom. The van der Waals surface area contributed by atoms with E-state index in [2.05, 4.69) is 15.5 Å². The fourth-order valence-electron chi connectivity index (χ4n) is 3.96. The summed E-state index contributed by atoms with van der Waals surface area (Å²) in [5.74, 6) is 0.397. The van der Waals surface area contributed by atoms with Gasteiger partial charge < -0.3 is 14.7 Å². The summed E-state index contributed by atoms with van der Waals surface area (Å²) in [5, 5.41) is 6.92. The molecule has 2 aromatic carbocycles. The average Bonchev–Trinajstić information content (AvgIpc) is 3.57. The first-order valence-corrected chi connectivity index (χ1v) is 11.3. The highest BCUT2D eigenvalue weighted by Crippen LogP contribution is 2.39. The molecule has 1 saturated carbocycles. The third-order valence-corrected chi connectivity index (χ3v) is 6.34. The molecule has 2 aliphatic rings. The first kappa shape index (κ1) is 21.6. The molecule has 3 aromatic rings. The van der Waals surface area contributed by atoms with Crippen LogP contribution in [-0.2, 0) is 4.79 Å². The number of piperidine rings is 1. The molecule has 0 unspecified atom stereocenters. The van der Waals surface area contributed by atoms with Crippen molar-refractivity contribution in [2.75, 3.05) is 18.4 Å². The highest BCUT2D eigenvalue weighted by Gasteiger charge is 2.30. The largest absolute Gasteiger partial charge is 0.339 e. The molecule has 0 radical (unpaired) electrons. The van der Waals surface area contributed by atoms with Gasteiger partial charge in [0.1, 0.15) is 5.82 Å². The Morgan fingerprint density at radius 3 is 2.45 bits per heavy atom. The Hall–Kier alpha value is -3.26. The number of nitrogens with one attached hydrogen (secondary N) is 1. The van der Waals surface area contributed by atoms with Crippen molar-refractivity contribution in [2.24, 2.45) is 5.92 Å². The molecule has 0 spiro atoms. The van der Waals surface area contributed by atoms with Crippen LogP contribution in [0.4, 0.5) is 10.1 Å². The van der Waals surface area contributed by atoms with Crippen molar-refractivity contribution in [3.8, 4) is 11.4 Å². The molecule has 33 heavy (non-hydrogen) atoms. The van der Waals surface area contributed by atoms with Gasteiger partial charge in [0.05, 0.1) is 5.69 Å². The molecule has 1 aliphatic heterocycles. The predicted octanol–water partition coefficient (Wildman–Crippen LogP) is 4.90. The SMILES string of the molecule is O=C(Nc1ccc(Cl)cc1F)C1CCN(C(=O)c2ccc(-c3noc(C4CC4)n3)cc2)CC1. The van der Waals surface area contributed by atoms with Gasteiger partial charge in [-0.15, -0.1) is 0 Å². The zero-order chi connectivity index (χ0) is 22.9. The van der Waals surface area contributed by atoms with Crippen LogP contribution in [0.25, 0.3) is 11.4 Å². The summed E-state index contributed by atoms with van der Waals surface area (Å²) in [7, 11) is 0. The molecule has 0 bridgehead atoms. The molecule has 1 aromatic heterocycles. The van der Waals surface area contributed by atoms with Crippen molar-refractivity contribution >= 4 is 29.1 Å². The van der Waals surface area contributed by atoms with Gasteiger partial charge in [-0.3, -0.25) is 9.59 Å². The van der Waals surface area contributed by atoms with Crippen LogP contribution in [0.15, 0.2) is 47.0 Å². The number of likely N-dealkylation sites (tertiary alicyclic amines) is 1. The lowest BCUT2D eigenvalue weighted by Crippen LogP contribution is -2.41. The minimum absolute atomic E-state index is 0.0871. The number of amides is 2. The van der Waals surface area contributed by atoms with E-state index in [9.17, 15) is 14.0 Å². The number of halogens is 2. The van der Waals surface area contributed by atoms with Crippen LogP contribution >= 0.6 is 11.6 Å². The van der Waals surface area contributed by atoms with Crippen molar-refractivity contribution in [3.05, 3.63) is 64.8 Å². The lowest BCUT2D eigenvalue weighted by Gasteiger charge is -2.31. The second-order valence-corrected chi connectivity index (χ2v) is 8.92. The van der Waals surface area contributed by atoms with E-state index >= 15 is 0 Å². The molecule has 2 fully saturated rings. The Labute approximate surface area is 194 Å². The third-order valence-electron chi connectivity index (χ3n) is 6.10. The van der Waals surface area contributed by atoms with Crippen molar-refractivity contribution in [1.82, 2.24) is 15.0 Å². The van der Waals surface area contributed by atoms with Crippen LogP contribution in [0, 0.1) is 11.7 Å². The monoisotopic (exact) mass is 468 g/mol. The number of carbonyl (C=O) groups is 2. The summed E-state index contributed by atoms with van der Waals surface area (Å²) in [6.45, 7) is 0.911. The molecular formula is C24H22ClFN4O3. The van der Waals surface area contributed by atoms with Gasteiger partial charge >= 0.3 is 0 Å². The number of hydrogen-bond acceptors (Lipinski definition) is 5. The van der Waals surface area contributed by atoms with E-state index in [1.54, 1.807) is 17.0 Å². The smallest absolute Gasteiger partial charge is 0.253 e. The molecule has 7 nitrogen and oxygen atoms in total. The molecule has 9 heteroatoms. The van der Waals surface area contributed by atoms with E-state index in [4.69, 9.17) is 16.1 Å². The molecule has 5 rings (SSSR count). The second-order valence-electron chi connectivity index (χ2n) is 8.49. The highest BCUT2D eigenvalue weighted by atomic mass is 35.5. The molecule has 2 heterocycles. The van der Waals surface area contributed by atoms with Crippen molar-refractivity contribution in [3.63, 3.8) is 0 Å². The molecule has 0 atom stereocenters. The van der Waals surface area contributed by atoms with Gasteiger partial charge in [-0.05, 0) is 56.0 Å². The fourth-order valence-corrected chi connectivity index (χ4v) is 4.12. The maximum absolute atomic E-state index is 13.9. The van der Waals surface area contributed by atoms with E-state index in [-0.39, 0.29) is 28.4 Å². The summed E-state index contributed by atoms with van der Waals surface area (Å²) in [6.07, 6.45) is 3.20. The van der Waals surface area contributed by atoms with E-state index in [0.29, 0.717) is 49.1 Å². The van der Waals surface area contributed by atoms with Crippen LogP contribution in [0.3, 0.4) is 0 Å². The maximum Gasteiger partial charge on any atom is 0.253 e. The fraction of sp³-hybridized carbons (Fsp3) is 0.333. The number of rotatable bonds is 5. The number of benzene rings is 2. The normalized spacial score (nSPS) is 16.6. The highest BCUT2D eigenvalue weighted by molar-refractivity contribution is 6.30. The van der Waals surface area contributed by atoms with Crippen LogP contribution in [0.2, 0.25) is 5.02 Å². The molecular weight excluding hydrogens is 447 g/mol. The van der Waals surface area contributed by atoms with Gasteiger partial charge in [-0.1, -0.05) is 28.9 Å². The minimum Gasteiger partial charge on any atom is -0.339 e. The number of hydrogen-bond donors (Lipinski definition) is 1. The lowest BCUT2D eigenvalue weighted by atomic mass is 9.95. The molecule has 1 N–H and O–H groups in total. The van der Waals surface area contributed by atoms with E-state index in [1.807, 2.05) is 12.1 Å². The predicted molar refractivity (Wildman–Crippen MR) is 120 cm³/mol. The quantitative estimate of drug-likeness (QED) is 0.575. The van der Waals surface area contributed by atoms with Crippen LogP contribution in [0.1, 0.15) is 47.8 Å². The van der Waals surface area contributed by atoms with E-state index < -0.39 is 5.82 Å². The minimum atomic E-state index is -0.573. The average molecular weight is 469 g/mol. The Bertz CT molecular complexity index is 1180. The van der Waals surface area contributed by atoms with Crippen molar-refractivity contribution in [2.45, 2.75) is 31.6 Å². The van der Waals surface area contributed by atoms with Crippen LogP contribution in [0.5, 0.6) is 0 Å². The summed E-state index contributed by atoms with van der Waals surface area (Å²) in [4.78, 5) is 31.6. The molecule has 1 aliphatic carbocycles. The first-order valence-electron chi connectivity index (χ1n) is 11.0. The number of carbonyl (C=O) groups excluding carboxylic acids is 2. The Balaban J connectivity index is 1.16. The second kappa shape index (κ2) is 8.94. The first-order chi connectivity index (χ1) is 16.0. The lowest BCUT2D eigenvalue weighted by molar-refractivity contribution is -0.121. The van der Waals surface area contributed by atoms with Gasteiger partial charge in [0.2, 0.25) is 17.6 Å². The summed E-state index contributed by atoms with van der Waals surface area (Å²) >= 11 is 5.75. The van der Waals surface area contributed by atoms with Gasteiger partial charge in [0.15, 0.2) is 0 Å². The standard InChI is InChI=1S/C24H22ClFN4O3/c25-18-7-8-20(19(26)13-18)27-22(31)15-9-11-30(12-10-15)24(32)17-5-1-14(2-6-17)21-28-23(33-29-21)16-3-4-16/h1-2,5-8,13,15-16H,3-4,9-12H2,(H,27,31). The summed E-state index contributed by atoms with van der Waals surface area (Å²) in [5.41, 5.74) is 1.47. The molecule has 170 valence electrons. The van der Waals surface area contributed by atoms with Gasteiger partial charge in [-0.25, -0.2) is 4.39 Å². The molecule has 1 saturated heterocycles. The number of anilines is 1. The Morgan fingerprint density at radius 1 is 1.06 bits per heavy atom. The van der Waals surface area contributed by atoms with Crippen molar-refractivity contribution in [1.29, 1.82) is 0 Å². The number of aromatic nitrogens is 2. The van der Waals surface area contributed by atoms with Crippen LogP contribution < -0.4 is 5.32 Å². The van der Waals surface area contributed by atoms with Gasteiger partial charge in [-0.2, -0.15) is 4.98 Å². The molecule has 2 amide bonds. The van der Waals surface area contributed by atoms with Crippen molar-refractivity contribution < 1.29 is 18.5 Å². The zero-order valence-corrected chi connectivity index (χ0v) is 18.5. The number of nitrogens with zero attached hydrogens (tertiary/aromatic N) is 3. The maximum atomic E-state index is 13.9. The third kappa shape index (κ3) is 4.75. The summed E-state index contributed by atoms with van der Waals surface area (Å²) < 4.78 is 19.2. The van der Waals surface area contributed by atoms with Crippen LogP contribution in [-0.4, -0.2) is 39.9 Å². The van der Waals surface area contributed by atoms with E-state index in [0.717, 1.165) is 24.5 Å².